The Morgan fingerprint density at radius 3 is 2.79 bits per heavy atom. The van der Waals surface area contributed by atoms with Crippen molar-refractivity contribution in [3.8, 4) is 0 Å². The van der Waals surface area contributed by atoms with Gasteiger partial charge in [0.15, 0.2) is 0 Å². The van der Waals surface area contributed by atoms with E-state index in [9.17, 15) is 13.6 Å². The maximum Gasteiger partial charge on any atom is 0.259 e. The fourth-order valence-corrected chi connectivity index (χ4v) is 1.38. The lowest BCUT2D eigenvalue weighted by molar-refractivity contribution is -0.136. The predicted octanol–water partition coefficient (Wildman–Crippen LogP) is -0.568. The largest absolute Gasteiger partial charge is 0.330 e. The molecule has 1 fully saturated rings. The maximum atomic E-state index is 12.4. The zero-order valence-electron chi connectivity index (χ0n) is 7.58. The molecule has 0 aliphatic carbocycles. The first-order chi connectivity index (χ1) is 6.16. The molecule has 0 radical (unpaired) electrons. The zero-order chi connectivity index (χ0) is 9.84. The van der Waals surface area contributed by atoms with Crippen LogP contribution >= 0.6 is 12.4 Å². The molecule has 0 aromatic rings. The van der Waals surface area contributed by atoms with Crippen LogP contribution in [0.2, 0.25) is 0 Å². The summed E-state index contributed by atoms with van der Waals surface area (Å²) >= 11 is 0. The highest BCUT2D eigenvalue weighted by Crippen LogP contribution is 2.11. The van der Waals surface area contributed by atoms with Gasteiger partial charge < -0.3 is 16.0 Å². The maximum absolute atomic E-state index is 12.4. The van der Waals surface area contributed by atoms with Gasteiger partial charge in [0.25, 0.3) is 6.43 Å². The molecule has 14 heavy (non-hydrogen) atoms. The summed E-state index contributed by atoms with van der Waals surface area (Å²) in [7, 11) is 0. The highest BCUT2D eigenvalue weighted by molar-refractivity contribution is 5.85. The molecule has 1 rings (SSSR count). The lowest BCUT2D eigenvalue weighted by Crippen LogP contribution is -2.57. The van der Waals surface area contributed by atoms with E-state index in [1.807, 2.05) is 0 Å². The number of nitrogens with zero attached hydrogens (tertiary/aromatic N) is 1. The number of carbonyl (C=O) groups is 1. The van der Waals surface area contributed by atoms with Crippen LogP contribution in [-0.2, 0) is 4.79 Å². The van der Waals surface area contributed by atoms with Crippen LogP contribution < -0.4 is 11.1 Å². The molecule has 84 valence electrons. The number of alkyl halides is 2. The van der Waals surface area contributed by atoms with Crippen molar-refractivity contribution in [2.24, 2.45) is 5.73 Å². The lowest BCUT2D eigenvalue weighted by atomic mass is 10.2. The van der Waals surface area contributed by atoms with Gasteiger partial charge in [-0.1, -0.05) is 0 Å². The average molecular weight is 230 g/mol. The van der Waals surface area contributed by atoms with Crippen molar-refractivity contribution in [2.75, 3.05) is 26.2 Å². The summed E-state index contributed by atoms with van der Waals surface area (Å²) in [6.45, 7) is 0.798. The first kappa shape index (κ1) is 13.5. The number of amides is 1. The first-order valence-electron chi connectivity index (χ1n) is 4.15. The summed E-state index contributed by atoms with van der Waals surface area (Å²) in [6.07, 6.45) is -2.51. The standard InChI is InChI=1S/C7H13F2N3O.ClH/c8-7(9)5-4-11-1-2-12(5)6(13)3-10;/h5,7,11H,1-4,10H2;1H. The third kappa shape index (κ3) is 3.04. The van der Waals surface area contributed by atoms with Gasteiger partial charge in [0.2, 0.25) is 5.91 Å². The molecule has 1 atom stereocenters. The van der Waals surface area contributed by atoms with Crippen LogP contribution in [0.15, 0.2) is 0 Å². The predicted molar refractivity (Wildman–Crippen MR) is 50.7 cm³/mol. The number of carbonyl (C=O) groups excluding carboxylic acids is 1. The van der Waals surface area contributed by atoms with E-state index >= 15 is 0 Å². The van der Waals surface area contributed by atoms with E-state index in [-0.39, 0.29) is 25.5 Å². The Balaban J connectivity index is 0.00000169. The van der Waals surface area contributed by atoms with Gasteiger partial charge in [-0.15, -0.1) is 12.4 Å². The highest BCUT2D eigenvalue weighted by Gasteiger charge is 2.32. The van der Waals surface area contributed by atoms with E-state index in [0.29, 0.717) is 13.1 Å². The fraction of sp³-hybridized carbons (Fsp3) is 0.857. The second kappa shape index (κ2) is 6.10. The van der Waals surface area contributed by atoms with Crippen molar-refractivity contribution in [1.82, 2.24) is 10.2 Å². The number of hydrogen-bond acceptors (Lipinski definition) is 3. The van der Waals surface area contributed by atoms with Crippen LogP contribution in [0.1, 0.15) is 0 Å². The van der Waals surface area contributed by atoms with Crippen LogP contribution in [-0.4, -0.2) is 49.5 Å². The smallest absolute Gasteiger partial charge is 0.259 e. The average Bonchev–Trinajstić information content (AvgIpc) is 2.16. The molecule has 1 heterocycles. The SMILES string of the molecule is Cl.NCC(=O)N1CCNCC1C(F)F. The van der Waals surface area contributed by atoms with Crippen LogP contribution in [0.4, 0.5) is 8.78 Å². The van der Waals surface area contributed by atoms with Crippen LogP contribution in [0.3, 0.4) is 0 Å². The van der Waals surface area contributed by atoms with Gasteiger partial charge in [-0.3, -0.25) is 4.79 Å². The van der Waals surface area contributed by atoms with Crippen molar-refractivity contribution in [1.29, 1.82) is 0 Å². The number of halogens is 3. The molecule has 1 aliphatic rings. The van der Waals surface area contributed by atoms with Crippen molar-refractivity contribution >= 4 is 18.3 Å². The zero-order valence-corrected chi connectivity index (χ0v) is 8.40. The van der Waals surface area contributed by atoms with Gasteiger partial charge in [0.05, 0.1) is 6.54 Å². The Kier molecular flexibility index (Phi) is 5.90. The van der Waals surface area contributed by atoms with Crippen molar-refractivity contribution in [2.45, 2.75) is 12.5 Å². The van der Waals surface area contributed by atoms with E-state index in [0.717, 1.165) is 4.90 Å². The summed E-state index contributed by atoms with van der Waals surface area (Å²) in [6, 6.07) is -1.02. The number of nitrogens with two attached hydrogens (primary N) is 1. The molecule has 1 unspecified atom stereocenters. The Morgan fingerprint density at radius 1 is 1.64 bits per heavy atom. The summed E-state index contributed by atoms with van der Waals surface area (Å²) < 4.78 is 24.8. The molecule has 0 aromatic heterocycles. The molecule has 0 aromatic carbocycles. The normalized spacial score (nSPS) is 22.0. The molecule has 1 saturated heterocycles. The monoisotopic (exact) mass is 229 g/mol. The van der Waals surface area contributed by atoms with E-state index in [1.165, 1.54) is 0 Å². The quantitative estimate of drug-likeness (QED) is 0.667. The topological polar surface area (TPSA) is 58.4 Å². The molecular formula is C7H14ClF2N3O. The third-order valence-electron chi connectivity index (χ3n) is 2.07. The second-order valence-corrected chi connectivity index (χ2v) is 2.90. The van der Waals surface area contributed by atoms with Crippen molar-refractivity contribution in [3.63, 3.8) is 0 Å². The molecular weight excluding hydrogens is 216 g/mol. The molecule has 0 bridgehead atoms. The molecule has 1 amide bonds. The molecule has 0 saturated carbocycles. The van der Waals surface area contributed by atoms with Gasteiger partial charge in [0.1, 0.15) is 6.04 Å². The Morgan fingerprint density at radius 2 is 2.29 bits per heavy atom. The molecule has 3 N–H and O–H groups in total. The van der Waals surface area contributed by atoms with Gasteiger partial charge in [0, 0.05) is 19.6 Å². The molecule has 7 heteroatoms. The minimum Gasteiger partial charge on any atom is -0.330 e. The highest BCUT2D eigenvalue weighted by atomic mass is 35.5. The Hall–Kier alpha value is -0.460. The lowest BCUT2D eigenvalue weighted by Gasteiger charge is -2.35. The van der Waals surface area contributed by atoms with Gasteiger partial charge >= 0.3 is 0 Å². The second-order valence-electron chi connectivity index (χ2n) is 2.90. The van der Waals surface area contributed by atoms with Crippen molar-refractivity contribution in [3.05, 3.63) is 0 Å². The first-order valence-corrected chi connectivity index (χ1v) is 4.15. The number of piperazine rings is 1. The van der Waals surface area contributed by atoms with E-state index < -0.39 is 18.4 Å². The summed E-state index contributed by atoms with van der Waals surface area (Å²) in [4.78, 5) is 12.3. The Labute approximate surface area is 87.2 Å². The number of hydrogen-bond donors (Lipinski definition) is 2. The number of rotatable bonds is 2. The van der Waals surface area contributed by atoms with Gasteiger partial charge in [-0.25, -0.2) is 8.78 Å². The van der Waals surface area contributed by atoms with Gasteiger partial charge in [-0.05, 0) is 0 Å². The van der Waals surface area contributed by atoms with Crippen LogP contribution in [0, 0.1) is 0 Å². The summed E-state index contributed by atoms with van der Waals surface area (Å²) in [5, 5.41) is 2.81. The minimum atomic E-state index is -2.51. The van der Waals surface area contributed by atoms with E-state index in [2.05, 4.69) is 5.32 Å². The fourth-order valence-electron chi connectivity index (χ4n) is 1.38. The van der Waals surface area contributed by atoms with Crippen molar-refractivity contribution < 1.29 is 13.6 Å². The van der Waals surface area contributed by atoms with Gasteiger partial charge in [-0.2, -0.15) is 0 Å². The van der Waals surface area contributed by atoms with Crippen LogP contribution in [0.5, 0.6) is 0 Å². The molecule has 4 nitrogen and oxygen atoms in total. The molecule has 1 aliphatic heterocycles. The molecule has 0 spiro atoms. The number of nitrogens with one attached hydrogen (secondary N) is 1. The third-order valence-corrected chi connectivity index (χ3v) is 2.07. The van der Waals surface area contributed by atoms with E-state index in [1.54, 1.807) is 0 Å². The summed E-state index contributed by atoms with van der Waals surface area (Å²) in [5.41, 5.74) is 5.11. The summed E-state index contributed by atoms with van der Waals surface area (Å²) in [5.74, 6) is -0.410. The van der Waals surface area contributed by atoms with E-state index in [4.69, 9.17) is 5.73 Å². The Bertz CT molecular complexity index is 194. The van der Waals surface area contributed by atoms with Crippen LogP contribution in [0.25, 0.3) is 0 Å². The minimum absolute atomic E-state index is 0.